The number of pyridine rings is 1. The summed E-state index contributed by atoms with van der Waals surface area (Å²) in [5.74, 6) is 1.19. The van der Waals surface area contributed by atoms with Crippen molar-refractivity contribution in [3.63, 3.8) is 0 Å². The number of aliphatic carboxylic acids is 1. The summed E-state index contributed by atoms with van der Waals surface area (Å²) in [6.45, 7) is 4.83. The topological polar surface area (TPSA) is 77.9 Å². The molecule has 0 spiro atoms. The smallest absolute Gasteiger partial charge is 0.304 e. The number of methoxy groups -OCH3 is 1. The van der Waals surface area contributed by atoms with Crippen molar-refractivity contribution < 1.29 is 24.1 Å². The predicted molar refractivity (Wildman–Crippen MR) is 117 cm³/mol. The monoisotopic (exact) mass is 419 g/mol. The van der Waals surface area contributed by atoms with E-state index in [1.165, 1.54) is 0 Å². The minimum Gasteiger partial charge on any atom is -0.497 e. The van der Waals surface area contributed by atoms with Crippen LogP contribution in [0.1, 0.15) is 34.6 Å². The summed E-state index contributed by atoms with van der Waals surface area (Å²) in [5.41, 5.74) is 5.99. The third kappa shape index (κ3) is 4.48. The van der Waals surface area contributed by atoms with Gasteiger partial charge in [-0.1, -0.05) is 18.2 Å². The third-order valence-electron chi connectivity index (χ3n) is 5.49. The molecule has 1 N–H and O–H groups in total. The standard InChI is InChI=1S/C25H25NO5/c1-15-9-19(29-3)10-16(2)25(15)21-5-4-6-23(26-21)31-13-17-7-8-20-18(12-24(27)28)14-30-22(20)11-17/h4-11,18H,12-14H2,1-3H3,(H,27,28). The molecule has 1 atom stereocenters. The van der Waals surface area contributed by atoms with E-state index < -0.39 is 5.97 Å². The lowest BCUT2D eigenvalue weighted by Gasteiger charge is -2.13. The van der Waals surface area contributed by atoms with Gasteiger partial charge >= 0.3 is 5.97 Å². The number of nitrogens with zero attached hydrogens (tertiary/aromatic N) is 1. The second-order valence-electron chi connectivity index (χ2n) is 7.76. The van der Waals surface area contributed by atoms with Crippen LogP contribution in [0.3, 0.4) is 0 Å². The lowest BCUT2D eigenvalue weighted by molar-refractivity contribution is -0.137. The molecule has 0 radical (unpaired) electrons. The molecule has 3 aromatic rings. The van der Waals surface area contributed by atoms with Crippen LogP contribution in [-0.4, -0.2) is 29.8 Å². The number of hydrogen-bond acceptors (Lipinski definition) is 5. The molecule has 1 aliphatic heterocycles. The van der Waals surface area contributed by atoms with Crippen LogP contribution >= 0.6 is 0 Å². The first-order chi connectivity index (χ1) is 14.9. The third-order valence-corrected chi connectivity index (χ3v) is 5.49. The Hall–Kier alpha value is -3.54. The van der Waals surface area contributed by atoms with E-state index in [0.717, 1.165) is 45.0 Å². The largest absolute Gasteiger partial charge is 0.497 e. The number of carbonyl (C=O) groups is 1. The van der Waals surface area contributed by atoms with Crippen molar-refractivity contribution in [3.8, 4) is 28.6 Å². The molecule has 2 heterocycles. The number of aryl methyl sites for hydroxylation is 2. The van der Waals surface area contributed by atoms with E-state index in [2.05, 4.69) is 0 Å². The Balaban J connectivity index is 1.49. The number of carboxylic acid groups (broad SMARTS) is 1. The number of fused-ring (bicyclic) bond motifs is 1. The van der Waals surface area contributed by atoms with E-state index in [4.69, 9.17) is 24.3 Å². The molecule has 0 aliphatic carbocycles. The normalized spacial score (nSPS) is 14.6. The Morgan fingerprint density at radius 3 is 2.65 bits per heavy atom. The first kappa shape index (κ1) is 20.7. The molecule has 0 saturated carbocycles. The van der Waals surface area contributed by atoms with Gasteiger partial charge in [-0.15, -0.1) is 0 Å². The first-order valence-corrected chi connectivity index (χ1v) is 10.2. The summed E-state index contributed by atoms with van der Waals surface area (Å²) in [6.07, 6.45) is 0.0732. The molecule has 1 aromatic heterocycles. The van der Waals surface area contributed by atoms with Gasteiger partial charge in [0.1, 0.15) is 18.1 Å². The highest BCUT2D eigenvalue weighted by molar-refractivity contribution is 5.69. The minimum atomic E-state index is -0.817. The fourth-order valence-corrected chi connectivity index (χ4v) is 4.03. The van der Waals surface area contributed by atoms with E-state index >= 15 is 0 Å². The van der Waals surface area contributed by atoms with Gasteiger partial charge in [0.15, 0.2) is 0 Å². The summed E-state index contributed by atoms with van der Waals surface area (Å²) in [7, 11) is 1.66. The van der Waals surface area contributed by atoms with Crippen LogP contribution < -0.4 is 14.2 Å². The summed E-state index contributed by atoms with van der Waals surface area (Å²) in [6, 6.07) is 15.5. The average Bonchev–Trinajstić information content (AvgIpc) is 3.13. The van der Waals surface area contributed by atoms with Gasteiger partial charge in [0.2, 0.25) is 5.88 Å². The van der Waals surface area contributed by atoms with Crippen molar-refractivity contribution in [1.29, 1.82) is 0 Å². The molecule has 0 bridgehead atoms. The predicted octanol–water partition coefficient (Wildman–Crippen LogP) is 4.90. The molecule has 6 nitrogen and oxygen atoms in total. The zero-order valence-corrected chi connectivity index (χ0v) is 17.8. The molecule has 0 fully saturated rings. The molecular formula is C25H25NO5. The second-order valence-corrected chi connectivity index (χ2v) is 7.76. The van der Waals surface area contributed by atoms with Gasteiger partial charge in [-0.3, -0.25) is 4.79 Å². The number of aromatic nitrogens is 1. The number of benzene rings is 2. The van der Waals surface area contributed by atoms with Gasteiger partial charge in [0.25, 0.3) is 0 Å². The van der Waals surface area contributed by atoms with Crippen molar-refractivity contribution in [2.75, 3.05) is 13.7 Å². The fraction of sp³-hybridized carbons (Fsp3) is 0.280. The van der Waals surface area contributed by atoms with Crippen molar-refractivity contribution >= 4 is 5.97 Å². The zero-order valence-electron chi connectivity index (χ0n) is 17.8. The van der Waals surface area contributed by atoms with E-state index in [1.807, 2.05) is 62.4 Å². The molecule has 160 valence electrons. The molecular weight excluding hydrogens is 394 g/mol. The van der Waals surface area contributed by atoms with Crippen LogP contribution in [0.15, 0.2) is 48.5 Å². The maximum atomic E-state index is 11.0. The van der Waals surface area contributed by atoms with Gasteiger partial charge < -0.3 is 19.3 Å². The Bertz CT molecular complexity index is 1100. The van der Waals surface area contributed by atoms with Gasteiger partial charge in [0.05, 0.1) is 25.8 Å². The quantitative estimate of drug-likeness (QED) is 0.587. The van der Waals surface area contributed by atoms with Crippen LogP contribution in [0.4, 0.5) is 0 Å². The van der Waals surface area contributed by atoms with Crippen molar-refractivity contribution in [1.82, 2.24) is 4.98 Å². The summed E-state index contributed by atoms with van der Waals surface area (Å²) < 4.78 is 17.0. The Morgan fingerprint density at radius 2 is 1.94 bits per heavy atom. The van der Waals surface area contributed by atoms with Crippen LogP contribution in [0.25, 0.3) is 11.3 Å². The van der Waals surface area contributed by atoms with Crippen molar-refractivity contribution in [2.24, 2.45) is 0 Å². The highest BCUT2D eigenvalue weighted by atomic mass is 16.5. The molecule has 1 aliphatic rings. The Labute approximate surface area is 181 Å². The summed E-state index contributed by atoms with van der Waals surface area (Å²) in [4.78, 5) is 15.7. The molecule has 1 unspecified atom stereocenters. The highest BCUT2D eigenvalue weighted by Crippen LogP contribution is 2.37. The molecule has 31 heavy (non-hydrogen) atoms. The molecule has 4 rings (SSSR count). The van der Waals surface area contributed by atoms with Gasteiger partial charge in [-0.2, -0.15) is 0 Å². The summed E-state index contributed by atoms with van der Waals surface area (Å²) >= 11 is 0. The fourth-order valence-electron chi connectivity index (χ4n) is 4.03. The van der Waals surface area contributed by atoms with Gasteiger partial charge in [-0.05, 0) is 54.8 Å². The Morgan fingerprint density at radius 1 is 1.16 bits per heavy atom. The average molecular weight is 419 g/mol. The maximum absolute atomic E-state index is 11.0. The van der Waals surface area contributed by atoms with E-state index in [1.54, 1.807) is 7.11 Å². The lowest BCUT2D eigenvalue weighted by atomic mass is 9.97. The lowest BCUT2D eigenvalue weighted by Crippen LogP contribution is -2.07. The van der Waals surface area contributed by atoms with E-state index in [0.29, 0.717) is 19.1 Å². The van der Waals surface area contributed by atoms with Gasteiger partial charge in [-0.25, -0.2) is 4.98 Å². The zero-order chi connectivity index (χ0) is 22.0. The van der Waals surface area contributed by atoms with E-state index in [-0.39, 0.29) is 12.3 Å². The van der Waals surface area contributed by atoms with Gasteiger partial charge in [0, 0.05) is 23.1 Å². The number of ether oxygens (including phenoxy) is 3. The van der Waals surface area contributed by atoms with Crippen molar-refractivity contribution in [3.05, 3.63) is 70.8 Å². The van der Waals surface area contributed by atoms with Crippen LogP contribution in [-0.2, 0) is 11.4 Å². The maximum Gasteiger partial charge on any atom is 0.304 e. The number of rotatable bonds is 7. The van der Waals surface area contributed by atoms with Crippen LogP contribution in [0.5, 0.6) is 17.4 Å². The van der Waals surface area contributed by atoms with Crippen molar-refractivity contribution in [2.45, 2.75) is 32.8 Å². The molecule has 2 aromatic carbocycles. The molecule has 0 amide bonds. The molecule has 0 saturated heterocycles. The number of carboxylic acids is 1. The Kier molecular flexibility index (Phi) is 5.80. The number of hydrogen-bond donors (Lipinski definition) is 1. The molecule has 6 heteroatoms. The van der Waals surface area contributed by atoms with Crippen LogP contribution in [0.2, 0.25) is 0 Å². The summed E-state index contributed by atoms with van der Waals surface area (Å²) in [5, 5.41) is 9.04. The highest BCUT2D eigenvalue weighted by Gasteiger charge is 2.26. The van der Waals surface area contributed by atoms with Crippen LogP contribution in [0, 0.1) is 13.8 Å². The second kappa shape index (κ2) is 8.68. The minimum absolute atomic E-state index is 0.0732. The van der Waals surface area contributed by atoms with E-state index in [9.17, 15) is 4.79 Å². The first-order valence-electron chi connectivity index (χ1n) is 10.2. The SMILES string of the molecule is COc1cc(C)c(-c2cccc(OCc3ccc4c(c3)OCC4CC(=O)O)n2)c(C)c1.